The molecule has 18 heavy (non-hydrogen) atoms. The number of hydrogen-bond acceptors (Lipinski definition) is 3. The van der Waals surface area contributed by atoms with E-state index in [-0.39, 0.29) is 6.03 Å². The molecule has 1 aromatic carbocycles. The molecule has 0 unspecified atom stereocenters. The molecule has 0 heterocycles. The summed E-state index contributed by atoms with van der Waals surface area (Å²) in [7, 11) is 1.50. The molecular weight excluding hydrogens is 230 g/mol. The Morgan fingerprint density at radius 1 is 1.50 bits per heavy atom. The molecule has 5 nitrogen and oxygen atoms in total. The first kappa shape index (κ1) is 13.8. The predicted octanol–water partition coefficient (Wildman–Crippen LogP) is 2.49. The number of carbonyl (C=O) groups is 1. The minimum absolute atomic E-state index is 0.272. The standard InChI is InChI=1S/C13H17N3O2/c1-3-4-7-15-13(17)16-11-6-5-10(9-14)8-12(11)18-2/h5-6,8H,3-4,7H2,1-2H3,(H2,15,16,17). The zero-order valence-corrected chi connectivity index (χ0v) is 10.6. The molecule has 0 saturated heterocycles. The molecule has 0 spiro atoms. The highest BCUT2D eigenvalue weighted by Gasteiger charge is 2.07. The average molecular weight is 247 g/mol. The molecule has 0 radical (unpaired) electrons. The van der Waals surface area contributed by atoms with Gasteiger partial charge in [-0.2, -0.15) is 5.26 Å². The number of carbonyl (C=O) groups excluding carboxylic acids is 1. The number of nitrogens with zero attached hydrogens (tertiary/aromatic N) is 1. The maximum atomic E-state index is 11.6. The Morgan fingerprint density at radius 2 is 2.28 bits per heavy atom. The van der Waals surface area contributed by atoms with Crippen molar-refractivity contribution >= 4 is 11.7 Å². The molecule has 1 rings (SSSR count). The topological polar surface area (TPSA) is 74.2 Å². The van der Waals surface area contributed by atoms with Gasteiger partial charge in [0.2, 0.25) is 0 Å². The van der Waals surface area contributed by atoms with Crippen molar-refractivity contribution in [2.45, 2.75) is 19.8 Å². The molecule has 0 bridgehead atoms. The third-order valence-corrected chi connectivity index (χ3v) is 2.39. The molecule has 1 aromatic rings. The van der Waals surface area contributed by atoms with Crippen molar-refractivity contribution < 1.29 is 9.53 Å². The van der Waals surface area contributed by atoms with Crippen LogP contribution in [-0.4, -0.2) is 19.7 Å². The molecule has 0 atom stereocenters. The van der Waals surface area contributed by atoms with Gasteiger partial charge < -0.3 is 15.4 Å². The molecule has 2 N–H and O–H groups in total. The van der Waals surface area contributed by atoms with E-state index in [2.05, 4.69) is 17.6 Å². The zero-order chi connectivity index (χ0) is 13.4. The SMILES string of the molecule is CCCCNC(=O)Nc1ccc(C#N)cc1OC. The lowest BCUT2D eigenvalue weighted by Gasteiger charge is -2.11. The van der Waals surface area contributed by atoms with Crippen LogP contribution >= 0.6 is 0 Å². The first-order valence-corrected chi connectivity index (χ1v) is 5.84. The first-order valence-electron chi connectivity index (χ1n) is 5.84. The Kier molecular flexibility index (Phi) is 5.52. The van der Waals surface area contributed by atoms with E-state index < -0.39 is 0 Å². The second-order valence-electron chi connectivity index (χ2n) is 3.76. The van der Waals surface area contributed by atoms with Crippen molar-refractivity contribution in [3.8, 4) is 11.8 Å². The van der Waals surface area contributed by atoms with E-state index >= 15 is 0 Å². The number of nitriles is 1. The van der Waals surface area contributed by atoms with Gasteiger partial charge in [-0.25, -0.2) is 4.79 Å². The highest BCUT2D eigenvalue weighted by molar-refractivity contribution is 5.91. The van der Waals surface area contributed by atoms with E-state index in [0.717, 1.165) is 12.8 Å². The number of benzene rings is 1. The van der Waals surface area contributed by atoms with Crippen LogP contribution in [0.3, 0.4) is 0 Å². The molecule has 0 aliphatic carbocycles. The second-order valence-corrected chi connectivity index (χ2v) is 3.76. The van der Waals surface area contributed by atoms with E-state index in [9.17, 15) is 4.79 Å². The number of urea groups is 1. The van der Waals surface area contributed by atoms with Crippen LogP contribution in [0, 0.1) is 11.3 Å². The Hall–Kier alpha value is -2.22. The predicted molar refractivity (Wildman–Crippen MR) is 69.6 cm³/mol. The summed E-state index contributed by atoms with van der Waals surface area (Å²) in [6, 6.07) is 6.61. The van der Waals surface area contributed by atoms with Crippen molar-refractivity contribution in [2.75, 3.05) is 19.0 Å². The molecule has 0 aliphatic heterocycles. The van der Waals surface area contributed by atoms with E-state index in [1.165, 1.54) is 7.11 Å². The molecule has 2 amide bonds. The Balaban J connectivity index is 2.66. The lowest BCUT2D eigenvalue weighted by atomic mass is 10.2. The van der Waals surface area contributed by atoms with Gasteiger partial charge in [-0.1, -0.05) is 13.3 Å². The highest BCUT2D eigenvalue weighted by Crippen LogP contribution is 2.25. The van der Waals surface area contributed by atoms with Crippen LogP contribution in [0.1, 0.15) is 25.3 Å². The smallest absolute Gasteiger partial charge is 0.319 e. The van der Waals surface area contributed by atoms with Crippen LogP contribution < -0.4 is 15.4 Å². The van der Waals surface area contributed by atoms with Crippen LogP contribution in [0.5, 0.6) is 5.75 Å². The Morgan fingerprint density at radius 3 is 2.89 bits per heavy atom. The van der Waals surface area contributed by atoms with Crippen LogP contribution in [0.2, 0.25) is 0 Å². The van der Waals surface area contributed by atoms with Gasteiger partial charge in [-0.15, -0.1) is 0 Å². The van der Waals surface area contributed by atoms with Gasteiger partial charge in [0.1, 0.15) is 5.75 Å². The molecule has 96 valence electrons. The maximum absolute atomic E-state index is 11.6. The third kappa shape index (κ3) is 3.98. The fraction of sp³-hybridized carbons (Fsp3) is 0.385. The summed E-state index contributed by atoms with van der Waals surface area (Å²) >= 11 is 0. The number of hydrogen-bond donors (Lipinski definition) is 2. The fourth-order valence-electron chi connectivity index (χ4n) is 1.41. The van der Waals surface area contributed by atoms with Crippen LogP contribution in [0.25, 0.3) is 0 Å². The van der Waals surface area contributed by atoms with Crippen molar-refractivity contribution in [2.24, 2.45) is 0 Å². The van der Waals surface area contributed by atoms with Gasteiger partial charge in [0.15, 0.2) is 0 Å². The van der Waals surface area contributed by atoms with Gasteiger partial charge >= 0.3 is 6.03 Å². The van der Waals surface area contributed by atoms with Gasteiger partial charge in [-0.3, -0.25) is 0 Å². The summed E-state index contributed by atoms with van der Waals surface area (Å²) in [5.41, 5.74) is 1.04. The summed E-state index contributed by atoms with van der Waals surface area (Å²) in [4.78, 5) is 11.6. The largest absolute Gasteiger partial charge is 0.495 e. The number of nitrogens with one attached hydrogen (secondary N) is 2. The lowest BCUT2D eigenvalue weighted by molar-refractivity contribution is 0.252. The minimum Gasteiger partial charge on any atom is -0.495 e. The van der Waals surface area contributed by atoms with Crippen molar-refractivity contribution in [3.05, 3.63) is 23.8 Å². The lowest BCUT2D eigenvalue weighted by Crippen LogP contribution is -2.29. The Labute approximate surface area is 107 Å². The normalized spacial score (nSPS) is 9.39. The average Bonchev–Trinajstić information content (AvgIpc) is 2.39. The molecule has 0 aliphatic rings. The van der Waals surface area contributed by atoms with Crippen molar-refractivity contribution in [1.29, 1.82) is 5.26 Å². The highest BCUT2D eigenvalue weighted by atomic mass is 16.5. The van der Waals surface area contributed by atoms with Crippen molar-refractivity contribution in [1.82, 2.24) is 5.32 Å². The summed E-state index contributed by atoms with van der Waals surface area (Å²) in [5, 5.41) is 14.2. The summed E-state index contributed by atoms with van der Waals surface area (Å²) in [6.07, 6.45) is 1.97. The summed E-state index contributed by atoms with van der Waals surface area (Å²) in [5.74, 6) is 0.472. The molecule has 0 saturated carbocycles. The number of anilines is 1. The minimum atomic E-state index is -0.272. The third-order valence-electron chi connectivity index (χ3n) is 2.39. The van der Waals surface area contributed by atoms with Gasteiger partial charge in [0.25, 0.3) is 0 Å². The van der Waals surface area contributed by atoms with Crippen molar-refractivity contribution in [3.63, 3.8) is 0 Å². The van der Waals surface area contributed by atoms with E-state index in [4.69, 9.17) is 10.00 Å². The van der Waals surface area contributed by atoms with Crippen LogP contribution in [0.4, 0.5) is 10.5 Å². The van der Waals surface area contributed by atoms with Gasteiger partial charge in [0, 0.05) is 12.6 Å². The number of rotatable bonds is 5. The quantitative estimate of drug-likeness (QED) is 0.785. The molecule has 5 heteroatoms. The number of amides is 2. The zero-order valence-electron chi connectivity index (χ0n) is 10.6. The molecular formula is C13H17N3O2. The van der Waals surface area contributed by atoms with E-state index in [1.54, 1.807) is 18.2 Å². The maximum Gasteiger partial charge on any atom is 0.319 e. The van der Waals surface area contributed by atoms with Gasteiger partial charge in [-0.05, 0) is 18.6 Å². The van der Waals surface area contributed by atoms with Gasteiger partial charge in [0.05, 0.1) is 24.4 Å². The fourth-order valence-corrected chi connectivity index (χ4v) is 1.41. The second kappa shape index (κ2) is 7.17. The van der Waals surface area contributed by atoms with E-state index in [1.807, 2.05) is 6.07 Å². The molecule has 0 aromatic heterocycles. The monoisotopic (exact) mass is 247 g/mol. The van der Waals surface area contributed by atoms with Crippen LogP contribution in [0.15, 0.2) is 18.2 Å². The number of unbranched alkanes of at least 4 members (excludes halogenated alkanes) is 1. The summed E-state index contributed by atoms with van der Waals surface area (Å²) in [6.45, 7) is 2.70. The van der Waals surface area contributed by atoms with Crippen LogP contribution in [-0.2, 0) is 0 Å². The molecule has 0 fully saturated rings. The number of ether oxygens (including phenoxy) is 1. The number of methoxy groups -OCH3 is 1. The van der Waals surface area contributed by atoms with E-state index in [0.29, 0.717) is 23.5 Å². The first-order chi connectivity index (χ1) is 8.71. The Bertz CT molecular complexity index is 452. The summed E-state index contributed by atoms with van der Waals surface area (Å²) < 4.78 is 5.12.